The number of benzene rings is 1. The molecule has 0 spiro atoms. The molecule has 2 rings (SSSR count). The van der Waals surface area contributed by atoms with Crippen LogP contribution in [0.1, 0.15) is 59.7 Å². The maximum atomic E-state index is 12.6. The van der Waals surface area contributed by atoms with Crippen LogP contribution in [-0.2, 0) is 6.42 Å². The van der Waals surface area contributed by atoms with Crippen LogP contribution in [0.15, 0.2) is 24.3 Å². The number of aryl methyl sites for hydroxylation is 1. The number of thiazole rings is 1. The fraction of sp³-hybridized carbons (Fsp3) is 0.474. The van der Waals surface area contributed by atoms with Gasteiger partial charge in [0.1, 0.15) is 10.6 Å². The van der Waals surface area contributed by atoms with E-state index in [1.165, 1.54) is 11.3 Å². The van der Waals surface area contributed by atoms with Crippen LogP contribution in [0, 0.1) is 12.8 Å². The van der Waals surface area contributed by atoms with Crippen molar-refractivity contribution >= 4 is 17.2 Å². The molecule has 0 saturated heterocycles. The Kier molecular flexibility index (Phi) is 6.37. The molecular formula is C19H26N2O2S. The van der Waals surface area contributed by atoms with E-state index in [1.54, 1.807) is 0 Å². The van der Waals surface area contributed by atoms with Gasteiger partial charge in [-0.1, -0.05) is 26.0 Å². The number of hydrogen-bond donors (Lipinski definition) is 1. The van der Waals surface area contributed by atoms with Crippen molar-refractivity contribution in [2.24, 2.45) is 5.92 Å². The van der Waals surface area contributed by atoms with Crippen LogP contribution in [0.2, 0.25) is 0 Å². The summed E-state index contributed by atoms with van der Waals surface area (Å²) in [6.45, 7) is 10.8. The second-order valence-electron chi connectivity index (χ2n) is 6.32. The van der Waals surface area contributed by atoms with Crippen molar-refractivity contribution in [3.05, 3.63) is 45.4 Å². The first-order chi connectivity index (χ1) is 11.4. The Morgan fingerprint density at radius 3 is 2.50 bits per heavy atom. The van der Waals surface area contributed by atoms with Crippen molar-refractivity contribution in [1.29, 1.82) is 0 Å². The molecule has 130 valence electrons. The molecule has 2 aromatic rings. The first-order valence-corrected chi connectivity index (χ1v) is 9.22. The van der Waals surface area contributed by atoms with Crippen molar-refractivity contribution < 1.29 is 9.53 Å². The van der Waals surface area contributed by atoms with Crippen LogP contribution in [0.5, 0.6) is 5.75 Å². The third kappa shape index (κ3) is 4.81. The van der Waals surface area contributed by atoms with Gasteiger partial charge in [-0.2, -0.15) is 0 Å². The van der Waals surface area contributed by atoms with Crippen molar-refractivity contribution in [3.8, 4) is 5.75 Å². The zero-order chi connectivity index (χ0) is 17.7. The Bertz CT molecular complexity index is 677. The molecule has 0 saturated carbocycles. The number of ether oxygens (including phenoxy) is 1. The van der Waals surface area contributed by atoms with Gasteiger partial charge in [-0.15, -0.1) is 11.3 Å². The van der Waals surface area contributed by atoms with E-state index in [-0.39, 0.29) is 11.9 Å². The lowest BCUT2D eigenvalue weighted by Gasteiger charge is -2.14. The SMILES string of the molecule is CCOc1ccc(C(C)NC(=O)c2sc(CC(C)C)nc2C)cc1. The van der Waals surface area contributed by atoms with E-state index in [0.717, 1.165) is 28.4 Å². The molecule has 1 unspecified atom stereocenters. The van der Waals surface area contributed by atoms with Crippen molar-refractivity contribution in [2.45, 2.75) is 47.1 Å². The average Bonchev–Trinajstić information content (AvgIpc) is 2.88. The van der Waals surface area contributed by atoms with Gasteiger partial charge in [-0.05, 0) is 44.4 Å². The molecule has 0 aliphatic carbocycles. The van der Waals surface area contributed by atoms with Gasteiger partial charge in [0.2, 0.25) is 0 Å². The quantitative estimate of drug-likeness (QED) is 0.801. The molecule has 1 N–H and O–H groups in total. The summed E-state index contributed by atoms with van der Waals surface area (Å²) in [7, 11) is 0. The Morgan fingerprint density at radius 1 is 1.25 bits per heavy atom. The first kappa shape index (κ1) is 18.5. The molecule has 1 aromatic carbocycles. The number of aromatic nitrogens is 1. The van der Waals surface area contributed by atoms with Crippen LogP contribution in [-0.4, -0.2) is 17.5 Å². The van der Waals surface area contributed by atoms with E-state index in [9.17, 15) is 4.79 Å². The summed E-state index contributed by atoms with van der Waals surface area (Å²) in [4.78, 5) is 17.8. The molecule has 1 heterocycles. The van der Waals surface area contributed by atoms with Crippen LogP contribution in [0.4, 0.5) is 0 Å². The Morgan fingerprint density at radius 2 is 1.92 bits per heavy atom. The summed E-state index contributed by atoms with van der Waals surface area (Å²) >= 11 is 1.50. The van der Waals surface area contributed by atoms with Crippen molar-refractivity contribution in [1.82, 2.24) is 10.3 Å². The molecule has 24 heavy (non-hydrogen) atoms. The number of rotatable bonds is 7. The average molecular weight is 346 g/mol. The summed E-state index contributed by atoms with van der Waals surface area (Å²) in [6.07, 6.45) is 0.910. The number of amides is 1. The minimum Gasteiger partial charge on any atom is -0.494 e. The highest BCUT2D eigenvalue weighted by molar-refractivity contribution is 7.13. The smallest absolute Gasteiger partial charge is 0.263 e. The maximum absolute atomic E-state index is 12.6. The van der Waals surface area contributed by atoms with Gasteiger partial charge in [-0.3, -0.25) is 4.79 Å². The van der Waals surface area contributed by atoms with Gasteiger partial charge in [-0.25, -0.2) is 4.98 Å². The Balaban J connectivity index is 2.04. The lowest BCUT2D eigenvalue weighted by molar-refractivity contribution is 0.0943. The summed E-state index contributed by atoms with van der Waals surface area (Å²) < 4.78 is 5.45. The largest absolute Gasteiger partial charge is 0.494 e. The van der Waals surface area contributed by atoms with Crippen LogP contribution >= 0.6 is 11.3 Å². The van der Waals surface area contributed by atoms with Gasteiger partial charge in [0.15, 0.2) is 0 Å². The zero-order valence-corrected chi connectivity index (χ0v) is 15.9. The third-order valence-electron chi connectivity index (χ3n) is 3.67. The van der Waals surface area contributed by atoms with Gasteiger partial charge in [0.25, 0.3) is 5.91 Å². The number of carbonyl (C=O) groups is 1. The normalized spacial score (nSPS) is 12.2. The summed E-state index contributed by atoms with van der Waals surface area (Å²) in [5.74, 6) is 1.33. The lowest BCUT2D eigenvalue weighted by atomic mass is 10.1. The zero-order valence-electron chi connectivity index (χ0n) is 15.1. The van der Waals surface area contributed by atoms with E-state index in [1.807, 2.05) is 45.0 Å². The fourth-order valence-corrected chi connectivity index (χ4v) is 3.64. The van der Waals surface area contributed by atoms with Gasteiger partial charge >= 0.3 is 0 Å². The highest BCUT2D eigenvalue weighted by Crippen LogP contribution is 2.23. The number of hydrogen-bond acceptors (Lipinski definition) is 4. The number of carbonyl (C=O) groups excluding carboxylic acids is 1. The Hall–Kier alpha value is -1.88. The summed E-state index contributed by atoms with van der Waals surface area (Å²) in [5.41, 5.74) is 1.86. The van der Waals surface area contributed by atoms with E-state index < -0.39 is 0 Å². The van der Waals surface area contributed by atoms with E-state index >= 15 is 0 Å². The van der Waals surface area contributed by atoms with E-state index in [0.29, 0.717) is 17.4 Å². The number of nitrogens with zero attached hydrogens (tertiary/aromatic N) is 1. The maximum Gasteiger partial charge on any atom is 0.263 e. The van der Waals surface area contributed by atoms with Crippen molar-refractivity contribution in [2.75, 3.05) is 6.61 Å². The molecule has 4 nitrogen and oxygen atoms in total. The third-order valence-corrected chi connectivity index (χ3v) is 4.85. The standard InChI is InChI=1S/C19H26N2O2S/c1-6-23-16-9-7-15(8-10-16)13(4)21-19(22)18-14(5)20-17(24-18)11-12(2)3/h7-10,12-13H,6,11H2,1-5H3,(H,21,22). The molecule has 0 aliphatic rings. The van der Waals surface area contributed by atoms with Crippen LogP contribution in [0.3, 0.4) is 0 Å². The molecule has 5 heteroatoms. The number of nitrogens with one attached hydrogen (secondary N) is 1. The second kappa shape index (κ2) is 8.29. The van der Waals surface area contributed by atoms with Crippen LogP contribution in [0.25, 0.3) is 0 Å². The molecular weight excluding hydrogens is 320 g/mol. The fourth-order valence-electron chi connectivity index (χ4n) is 2.46. The van der Waals surface area contributed by atoms with Gasteiger partial charge in [0, 0.05) is 6.42 Å². The molecule has 0 aliphatic heterocycles. The van der Waals surface area contributed by atoms with Gasteiger partial charge < -0.3 is 10.1 Å². The minimum atomic E-state index is -0.0665. The molecule has 1 amide bonds. The summed E-state index contributed by atoms with van der Waals surface area (Å²) in [5, 5.41) is 4.09. The minimum absolute atomic E-state index is 0.0543. The highest BCUT2D eigenvalue weighted by Gasteiger charge is 2.18. The van der Waals surface area contributed by atoms with Crippen LogP contribution < -0.4 is 10.1 Å². The highest BCUT2D eigenvalue weighted by atomic mass is 32.1. The Labute approximate surface area is 148 Å². The molecule has 0 bridgehead atoms. The molecule has 1 aromatic heterocycles. The summed E-state index contributed by atoms with van der Waals surface area (Å²) in [6, 6.07) is 7.77. The lowest BCUT2D eigenvalue weighted by Crippen LogP contribution is -2.26. The van der Waals surface area contributed by atoms with E-state index in [4.69, 9.17) is 4.74 Å². The molecule has 0 fully saturated rings. The molecule has 0 radical (unpaired) electrons. The first-order valence-electron chi connectivity index (χ1n) is 8.40. The second-order valence-corrected chi connectivity index (χ2v) is 7.40. The predicted molar refractivity (Wildman–Crippen MR) is 98.9 cm³/mol. The van der Waals surface area contributed by atoms with Gasteiger partial charge in [0.05, 0.1) is 23.4 Å². The molecule has 1 atom stereocenters. The van der Waals surface area contributed by atoms with Crippen molar-refractivity contribution in [3.63, 3.8) is 0 Å². The van der Waals surface area contributed by atoms with E-state index in [2.05, 4.69) is 24.1 Å². The monoisotopic (exact) mass is 346 g/mol. The topological polar surface area (TPSA) is 51.2 Å². The predicted octanol–water partition coefficient (Wildman–Crippen LogP) is 4.54.